The van der Waals surface area contributed by atoms with Gasteiger partial charge in [-0.25, -0.2) is 4.98 Å². The van der Waals surface area contributed by atoms with Gasteiger partial charge in [-0.05, 0) is 47.4 Å². The molecule has 2 aromatic heterocycles. The fourth-order valence-corrected chi connectivity index (χ4v) is 6.33. The second kappa shape index (κ2) is 8.62. The van der Waals surface area contributed by atoms with E-state index in [1.165, 1.54) is 0 Å². The molecule has 0 bridgehead atoms. The van der Waals surface area contributed by atoms with Crippen LogP contribution in [0.4, 0.5) is 17.2 Å². The minimum Gasteiger partial charge on any atom is -0.397 e. The Bertz CT molecular complexity index is 1070. The van der Waals surface area contributed by atoms with Gasteiger partial charge < -0.3 is 20.5 Å². The number of thiophene rings is 1. The van der Waals surface area contributed by atoms with E-state index in [0.29, 0.717) is 16.9 Å². The number of hydrogen-bond donors (Lipinski definition) is 2. The van der Waals surface area contributed by atoms with Gasteiger partial charge in [0.1, 0.15) is 5.82 Å². The van der Waals surface area contributed by atoms with E-state index in [1.54, 1.807) is 29.7 Å². The molecule has 1 aromatic carbocycles. The summed E-state index contributed by atoms with van der Waals surface area (Å²) in [5, 5.41) is 4.91. The maximum absolute atomic E-state index is 12.7. The highest BCUT2D eigenvalue weighted by Crippen LogP contribution is 2.47. The zero-order valence-corrected chi connectivity index (χ0v) is 18.6. The topological polar surface area (TPSA) is 88.3 Å². The minimum absolute atomic E-state index is 0.252. The predicted molar refractivity (Wildman–Crippen MR) is 126 cm³/mol. The molecule has 156 valence electrons. The average molecular weight is 441 g/mol. The van der Waals surface area contributed by atoms with Crippen molar-refractivity contribution in [3.05, 3.63) is 59.6 Å². The van der Waals surface area contributed by atoms with Crippen molar-refractivity contribution in [3.63, 3.8) is 0 Å². The summed E-state index contributed by atoms with van der Waals surface area (Å²) in [6.45, 7) is 3.50. The Balaban J connectivity index is 1.45. The lowest BCUT2D eigenvalue weighted by atomic mass is 10.1. The quantitative estimate of drug-likeness (QED) is 0.437. The van der Waals surface area contributed by atoms with Crippen LogP contribution in [0.1, 0.15) is 17.3 Å². The zero-order chi connectivity index (χ0) is 21.1. The number of anilines is 3. The maximum Gasteiger partial charge on any atom is 0.257 e. The fourth-order valence-electron chi connectivity index (χ4n) is 3.54. The maximum atomic E-state index is 12.7. The van der Waals surface area contributed by atoms with E-state index in [4.69, 9.17) is 5.73 Å². The summed E-state index contributed by atoms with van der Waals surface area (Å²) >= 11 is 1.64. The van der Waals surface area contributed by atoms with Gasteiger partial charge in [0.15, 0.2) is 0 Å². The number of nitrogens with two attached hydrogens (primary N) is 1. The van der Waals surface area contributed by atoms with E-state index in [2.05, 4.69) is 15.2 Å². The molecule has 0 atom stereocenters. The Morgan fingerprint density at radius 2 is 2.03 bits per heavy atom. The van der Waals surface area contributed by atoms with Crippen LogP contribution in [0.25, 0.3) is 10.4 Å². The van der Waals surface area contributed by atoms with Gasteiger partial charge in [0.2, 0.25) is 0 Å². The molecule has 0 aliphatic carbocycles. The molecule has 1 aliphatic rings. The third kappa shape index (κ3) is 4.42. The van der Waals surface area contributed by atoms with Gasteiger partial charge in [-0.15, -0.1) is 11.3 Å². The first kappa shape index (κ1) is 20.6. The van der Waals surface area contributed by atoms with Gasteiger partial charge in [-0.3, -0.25) is 4.79 Å². The molecule has 0 saturated carbocycles. The van der Waals surface area contributed by atoms with Crippen molar-refractivity contribution in [2.75, 3.05) is 47.5 Å². The number of nitrogens with one attached hydrogen (secondary N) is 1. The number of carbonyl (C=O) groups is 1. The number of pyridine rings is 1. The second-order valence-electron chi connectivity index (χ2n) is 7.45. The molecule has 3 aromatic rings. The van der Waals surface area contributed by atoms with E-state index >= 15 is 0 Å². The monoisotopic (exact) mass is 440 g/mol. The van der Waals surface area contributed by atoms with Crippen LogP contribution in [0.2, 0.25) is 0 Å². The number of hydrogen-bond acceptors (Lipinski definition) is 6. The smallest absolute Gasteiger partial charge is 0.257 e. The van der Waals surface area contributed by atoms with Crippen molar-refractivity contribution in [1.29, 1.82) is 0 Å². The standard InChI is InChI=1S/C22H25N4O2PS/c1-2-29(28)11-9-26(10-12-29)21-8-6-17(15-24-21)22(27)25-19-14-16(5-7-18(19)23)20-4-3-13-30-20/h3-8,13-15H,2,9-12,23H2,1H3,(H,25,27). The molecule has 0 radical (unpaired) electrons. The Morgan fingerprint density at radius 1 is 1.23 bits per heavy atom. The molecule has 1 amide bonds. The number of rotatable bonds is 5. The fraction of sp³-hybridized carbons (Fsp3) is 0.273. The van der Waals surface area contributed by atoms with Crippen LogP contribution < -0.4 is 16.0 Å². The molecule has 6 nitrogen and oxygen atoms in total. The third-order valence-electron chi connectivity index (χ3n) is 5.57. The summed E-state index contributed by atoms with van der Waals surface area (Å²) in [4.78, 5) is 20.4. The van der Waals surface area contributed by atoms with Gasteiger partial charge in [-0.2, -0.15) is 0 Å². The first-order valence-electron chi connectivity index (χ1n) is 10.0. The number of amides is 1. The molecule has 3 N–H and O–H groups in total. The molecule has 1 aliphatic heterocycles. The van der Waals surface area contributed by atoms with Gasteiger partial charge in [-0.1, -0.05) is 19.1 Å². The molecule has 30 heavy (non-hydrogen) atoms. The largest absolute Gasteiger partial charge is 0.397 e. The summed E-state index contributed by atoms with van der Waals surface area (Å²) < 4.78 is 12.5. The van der Waals surface area contributed by atoms with Crippen LogP contribution >= 0.6 is 18.5 Å². The summed E-state index contributed by atoms with van der Waals surface area (Å²) in [5.41, 5.74) is 8.65. The molecule has 0 unspecified atom stereocenters. The van der Waals surface area contributed by atoms with E-state index in [0.717, 1.165) is 47.8 Å². The summed E-state index contributed by atoms with van der Waals surface area (Å²) in [6, 6.07) is 13.3. The number of carbonyl (C=O) groups excluding carboxylic acids is 1. The van der Waals surface area contributed by atoms with Crippen LogP contribution in [-0.4, -0.2) is 42.5 Å². The van der Waals surface area contributed by atoms with Gasteiger partial charge in [0.05, 0.1) is 24.1 Å². The molecule has 1 saturated heterocycles. The zero-order valence-electron chi connectivity index (χ0n) is 16.9. The number of benzene rings is 1. The van der Waals surface area contributed by atoms with Crippen molar-refractivity contribution < 1.29 is 9.36 Å². The lowest BCUT2D eigenvalue weighted by Gasteiger charge is -2.32. The lowest BCUT2D eigenvalue weighted by Crippen LogP contribution is -2.35. The van der Waals surface area contributed by atoms with Crippen LogP contribution in [0.3, 0.4) is 0 Å². The minimum atomic E-state index is -1.99. The second-order valence-corrected chi connectivity index (χ2v) is 12.0. The molecule has 8 heteroatoms. The number of nitrogens with zero attached hydrogens (tertiary/aromatic N) is 2. The summed E-state index contributed by atoms with van der Waals surface area (Å²) in [5.74, 6) is 0.561. The third-order valence-corrected chi connectivity index (χ3v) is 9.67. The highest BCUT2D eigenvalue weighted by atomic mass is 32.1. The van der Waals surface area contributed by atoms with Crippen molar-refractivity contribution in [2.45, 2.75) is 6.92 Å². The van der Waals surface area contributed by atoms with E-state index in [9.17, 15) is 9.36 Å². The molecule has 4 rings (SSSR count). The van der Waals surface area contributed by atoms with Crippen LogP contribution in [0.15, 0.2) is 54.0 Å². The van der Waals surface area contributed by atoms with Crippen LogP contribution in [0, 0.1) is 0 Å². The van der Waals surface area contributed by atoms with Crippen LogP contribution in [-0.2, 0) is 4.57 Å². The van der Waals surface area contributed by atoms with E-state index in [-0.39, 0.29) is 5.91 Å². The molecular weight excluding hydrogens is 415 g/mol. The highest BCUT2D eigenvalue weighted by molar-refractivity contribution is 7.64. The normalized spacial score (nSPS) is 15.7. The Hall–Kier alpha value is -2.63. The Morgan fingerprint density at radius 3 is 2.67 bits per heavy atom. The molecular formula is C22H25N4O2PS. The van der Waals surface area contributed by atoms with Crippen molar-refractivity contribution in [2.24, 2.45) is 0 Å². The van der Waals surface area contributed by atoms with E-state index in [1.807, 2.05) is 42.6 Å². The predicted octanol–water partition coefficient (Wildman–Crippen LogP) is 4.85. The molecule has 3 heterocycles. The number of nitrogen functional groups attached to an aromatic ring is 1. The average Bonchev–Trinajstić information content (AvgIpc) is 3.31. The van der Waals surface area contributed by atoms with Gasteiger partial charge in [0.25, 0.3) is 5.91 Å². The van der Waals surface area contributed by atoms with Gasteiger partial charge in [0, 0.05) is 36.5 Å². The van der Waals surface area contributed by atoms with Crippen LogP contribution in [0.5, 0.6) is 0 Å². The molecule has 1 fully saturated rings. The highest BCUT2D eigenvalue weighted by Gasteiger charge is 2.27. The van der Waals surface area contributed by atoms with Crippen molar-refractivity contribution in [3.8, 4) is 10.4 Å². The first-order chi connectivity index (χ1) is 14.5. The lowest BCUT2D eigenvalue weighted by molar-refractivity contribution is 0.102. The van der Waals surface area contributed by atoms with Crippen molar-refractivity contribution in [1.82, 2.24) is 4.98 Å². The van der Waals surface area contributed by atoms with Gasteiger partial charge >= 0.3 is 0 Å². The Kier molecular flexibility index (Phi) is 5.93. The first-order valence-corrected chi connectivity index (χ1v) is 13.1. The molecule has 0 spiro atoms. The Labute approximate surface area is 180 Å². The van der Waals surface area contributed by atoms with E-state index < -0.39 is 7.14 Å². The number of aromatic nitrogens is 1. The summed E-state index contributed by atoms with van der Waals surface area (Å²) in [7, 11) is -1.99. The van der Waals surface area contributed by atoms with Crippen molar-refractivity contribution >= 4 is 41.6 Å². The SMILES string of the molecule is CCP1(=O)CCN(c2ccc(C(=O)Nc3cc(-c4cccs4)ccc3N)cn2)CC1. The summed E-state index contributed by atoms with van der Waals surface area (Å²) in [6.07, 6.45) is 3.81.